The maximum atomic E-state index is 5.86. The highest BCUT2D eigenvalue weighted by Gasteiger charge is 2.18. The van der Waals surface area contributed by atoms with Gasteiger partial charge < -0.3 is 14.8 Å². The smallest absolute Gasteiger partial charge is 0.322 e. The molecule has 0 atom stereocenters. The zero-order valence-electron chi connectivity index (χ0n) is 12.7. The number of halogens is 1. The number of nitrogens with one attached hydrogen (secondary N) is 1. The predicted octanol–water partition coefficient (Wildman–Crippen LogP) is 2.79. The first kappa shape index (κ1) is 16.9. The SMILES string of the molecule is COCCC(C)(C)CNc1nc(Cl)nc(OC(C)C)n1. The van der Waals surface area contributed by atoms with Gasteiger partial charge in [-0.3, -0.25) is 0 Å². The van der Waals surface area contributed by atoms with Crippen molar-refractivity contribution in [2.75, 3.05) is 25.6 Å². The molecule has 7 heteroatoms. The van der Waals surface area contributed by atoms with E-state index in [1.54, 1.807) is 7.11 Å². The van der Waals surface area contributed by atoms with Gasteiger partial charge in [-0.2, -0.15) is 15.0 Å². The Morgan fingerprint density at radius 1 is 1.25 bits per heavy atom. The van der Waals surface area contributed by atoms with Gasteiger partial charge in [0.15, 0.2) is 0 Å². The fourth-order valence-electron chi connectivity index (χ4n) is 1.46. The van der Waals surface area contributed by atoms with E-state index in [4.69, 9.17) is 21.1 Å². The molecule has 0 unspecified atom stereocenters. The fraction of sp³-hybridized carbons (Fsp3) is 0.769. The van der Waals surface area contributed by atoms with Crippen molar-refractivity contribution in [3.05, 3.63) is 5.28 Å². The normalized spacial score (nSPS) is 11.8. The van der Waals surface area contributed by atoms with Gasteiger partial charge in [0.1, 0.15) is 0 Å². The molecule has 0 saturated heterocycles. The first-order valence-electron chi connectivity index (χ1n) is 6.63. The predicted molar refractivity (Wildman–Crippen MR) is 79.4 cm³/mol. The van der Waals surface area contributed by atoms with E-state index in [0.717, 1.165) is 6.42 Å². The quantitative estimate of drug-likeness (QED) is 0.796. The van der Waals surface area contributed by atoms with Crippen LogP contribution in [0, 0.1) is 5.41 Å². The van der Waals surface area contributed by atoms with Gasteiger partial charge in [-0.15, -0.1) is 0 Å². The highest BCUT2D eigenvalue weighted by Crippen LogP contribution is 2.21. The van der Waals surface area contributed by atoms with Gasteiger partial charge in [-0.1, -0.05) is 13.8 Å². The van der Waals surface area contributed by atoms with Crippen LogP contribution < -0.4 is 10.1 Å². The maximum absolute atomic E-state index is 5.86. The molecule has 0 saturated carbocycles. The summed E-state index contributed by atoms with van der Waals surface area (Å²) in [4.78, 5) is 12.2. The third-order valence-electron chi connectivity index (χ3n) is 2.64. The topological polar surface area (TPSA) is 69.2 Å². The lowest BCUT2D eigenvalue weighted by Gasteiger charge is -2.24. The Labute approximate surface area is 125 Å². The van der Waals surface area contributed by atoms with Crippen molar-refractivity contribution in [2.24, 2.45) is 5.41 Å². The molecule has 1 rings (SSSR count). The Bertz CT molecular complexity index is 427. The van der Waals surface area contributed by atoms with E-state index in [0.29, 0.717) is 19.1 Å². The van der Waals surface area contributed by atoms with Crippen LogP contribution in [0.5, 0.6) is 6.01 Å². The van der Waals surface area contributed by atoms with Crippen LogP contribution >= 0.6 is 11.6 Å². The van der Waals surface area contributed by atoms with Crippen LogP contribution in [-0.4, -0.2) is 41.3 Å². The molecule has 20 heavy (non-hydrogen) atoms. The van der Waals surface area contributed by atoms with Crippen molar-refractivity contribution in [3.63, 3.8) is 0 Å². The Kier molecular flexibility index (Phi) is 6.42. The summed E-state index contributed by atoms with van der Waals surface area (Å²) in [6.07, 6.45) is 0.921. The number of aromatic nitrogens is 3. The second kappa shape index (κ2) is 7.59. The third-order valence-corrected chi connectivity index (χ3v) is 2.81. The van der Waals surface area contributed by atoms with Crippen molar-refractivity contribution in [1.82, 2.24) is 15.0 Å². The summed E-state index contributed by atoms with van der Waals surface area (Å²) in [7, 11) is 1.70. The second-order valence-corrected chi connectivity index (χ2v) is 5.98. The van der Waals surface area contributed by atoms with Gasteiger partial charge >= 0.3 is 6.01 Å². The summed E-state index contributed by atoms with van der Waals surface area (Å²) >= 11 is 5.86. The molecule has 1 aromatic rings. The van der Waals surface area contributed by atoms with Gasteiger partial charge in [0, 0.05) is 20.3 Å². The average Bonchev–Trinajstić information content (AvgIpc) is 2.33. The highest BCUT2D eigenvalue weighted by molar-refractivity contribution is 6.28. The molecule has 1 aromatic heterocycles. The van der Waals surface area contributed by atoms with E-state index in [-0.39, 0.29) is 22.8 Å². The number of ether oxygens (including phenoxy) is 2. The molecule has 0 aromatic carbocycles. The van der Waals surface area contributed by atoms with Crippen LogP contribution in [0.15, 0.2) is 0 Å². The first-order chi connectivity index (χ1) is 9.32. The van der Waals surface area contributed by atoms with E-state index in [1.807, 2.05) is 13.8 Å². The molecule has 0 radical (unpaired) electrons. The third kappa shape index (κ3) is 6.34. The molecule has 0 aliphatic rings. The number of hydrogen-bond donors (Lipinski definition) is 1. The van der Waals surface area contributed by atoms with Crippen LogP contribution in [0.3, 0.4) is 0 Å². The maximum Gasteiger partial charge on any atom is 0.322 e. The number of methoxy groups -OCH3 is 1. The molecule has 0 fully saturated rings. The average molecular weight is 303 g/mol. The van der Waals surface area contributed by atoms with Crippen LogP contribution in [0.1, 0.15) is 34.1 Å². The lowest BCUT2D eigenvalue weighted by Crippen LogP contribution is -2.25. The van der Waals surface area contributed by atoms with Gasteiger partial charge in [-0.25, -0.2) is 0 Å². The van der Waals surface area contributed by atoms with Gasteiger partial charge in [0.05, 0.1) is 6.10 Å². The Hall–Kier alpha value is -1.14. The van der Waals surface area contributed by atoms with E-state index in [2.05, 4.69) is 34.1 Å². The Morgan fingerprint density at radius 2 is 1.95 bits per heavy atom. The van der Waals surface area contributed by atoms with E-state index in [9.17, 15) is 0 Å². The van der Waals surface area contributed by atoms with Crippen LogP contribution in [-0.2, 0) is 4.74 Å². The van der Waals surface area contributed by atoms with Gasteiger partial charge in [0.2, 0.25) is 11.2 Å². The molecule has 1 N–H and O–H groups in total. The highest BCUT2D eigenvalue weighted by atomic mass is 35.5. The van der Waals surface area contributed by atoms with Crippen molar-refractivity contribution < 1.29 is 9.47 Å². The summed E-state index contributed by atoms with van der Waals surface area (Å²) in [6.45, 7) is 9.52. The first-order valence-corrected chi connectivity index (χ1v) is 7.01. The molecule has 114 valence electrons. The molecular weight excluding hydrogens is 280 g/mol. The van der Waals surface area contributed by atoms with Crippen LogP contribution in [0.4, 0.5) is 5.95 Å². The zero-order chi connectivity index (χ0) is 15.2. The molecule has 0 spiro atoms. The monoisotopic (exact) mass is 302 g/mol. The van der Waals surface area contributed by atoms with Gasteiger partial charge in [0.25, 0.3) is 0 Å². The minimum atomic E-state index is -0.0144. The second-order valence-electron chi connectivity index (χ2n) is 5.64. The zero-order valence-corrected chi connectivity index (χ0v) is 13.5. The van der Waals surface area contributed by atoms with Crippen molar-refractivity contribution >= 4 is 17.5 Å². The van der Waals surface area contributed by atoms with E-state index in [1.165, 1.54) is 0 Å². The standard InChI is InChI=1S/C13H23ClN4O2/c1-9(2)20-12-17-10(14)16-11(18-12)15-8-13(3,4)6-7-19-5/h9H,6-8H2,1-5H3,(H,15,16,17,18). The minimum Gasteiger partial charge on any atom is -0.461 e. The van der Waals surface area contributed by atoms with Gasteiger partial charge in [-0.05, 0) is 37.3 Å². The lowest BCUT2D eigenvalue weighted by molar-refractivity contribution is 0.157. The summed E-state index contributed by atoms with van der Waals surface area (Å²) in [5.74, 6) is 0.422. The summed E-state index contributed by atoms with van der Waals surface area (Å²) in [5, 5.41) is 3.28. The molecule has 0 amide bonds. The number of rotatable bonds is 8. The van der Waals surface area contributed by atoms with Crippen LogP contribution in [0.25, 0.3) is 0 Å². The number of anilines is 1. The molecule has 0 aliphatic carbocycles. The fourth-order valence-corrected chi connectivity index (χ4v) is 1.61. The number of hydrogen-bond acceptors (Lipinski definition) is 6. The largest absolute Gasteiger partial charge is 0.461 e. The van der Waals surface area contributed by atoms with E-state index >= 15 is 0 Å². The molecular formula is C13H23ClN4O2. The van der Waals surface area contributed by atoms with Crippen molar-refractivity contribution in [2.45, 2.75) is 40.2 Å². The van der Waals surface area contributed by atoms with E-state index < -0.39 is 0 Å². The molecule has 6 nitrogen and oxygen atoms in total. The van der Waals surface area contributed by atoms with Crippen molar-refractivity contribution in [1.29, 1.82) is 0 Å². The summed E-state index contributed by atoms with van der Waals surface area (Å²) < 4.78 is 10.5. The van der Waals surface area contributed by atoms with Crippen molar-refractivity contribution in [3.8, 4) is 6.01 Å². The lowest BCUT2D eigenvalue weighted by atomic mass is 9.90. The summed E-state index contributed by atoms with van der Waals surface area (Å²) in [5.41, 5.74) is 0.0637. The molecule has 0 aliphatic heterocycles. The van der Waals surface area contributed by atoms with Crippen LogP contribution in [0.2, 0.25) is 5.28 Å². The minimum absolute atomic E-state index is 0.0144. The summed E-state index contributed by atoms with van der Waals surface area (Å²) in [6, 6.07) is 0.234. The number of nitrogens with zero attached hydrogens (tertiary/aromatic N) is 3. The Morgan fingerprint density at radius 3 is 2.55 bits per heavy atom. The Balaban J connectivity index is 2.65. The molecule has 0 bridgehead atoms. The molecule has 1 heterocycles.